The maximum Gasteiger partial charge on any atom is 0.106 e. The number of rotatable bonds is 3. The fraction of sp³-hybridized carbons (Fsp3) is 0.300. The van der Waals surface area contributed by atoms with Crippen LogP contribution in [-0.4, -0.2) is 11.5 Å². The minimum absolute atomic E-state index is 0.738. The van der Waals surface area contributed by atoms with Gasteiger partial charge in [0.1, 0.15) is 4.99 Å². The van der Waals surface area contributed by atoms with Gasteiger partial charge in [-0.2, -0.15) is 0 Å². The Morgan fingerprint density at radius 1 is 1.38 bits per heavy atom. The van der Waals surface area contributed by atoms with Gasteiger partial charge in [-0.3, -0.25) is 0 Å². The van der Waals surface area contributed by atoms with Crippen LogP contribution in [0.15, 0.2) is 24.3 Å². The number of hydrogen-bond donors (Lipinski definition) is 1. The summed E-state index contributed by atoms with van der Waals surface area (Å²) in [7, 11) is 0. The van der Waals surface area contributed by atoms with Crippen molar-refractivity contribution in [1.82, 2.24) is 5.32 Å². The molecule has 70 valence electrons. The Hall–Kier alpha value is -0.600. The van der Waals surface area contributed by atoms with Gasteiger partial charge in [-0.15, -0.1) is 0 Å². The van der Waals surface area contributed by atoms with Crippen LogP contribution < -0.4 is 5.32 Å². The van der Waals surface area contributed by atoms with Gasteiger partial charge in [-0.1, -0.05) is 42.9 Å². The van der Waals surface area contributed by atoms with Crippen LogP contribution in [0.1, 0.15) is 18.9 Å². The molecule has 0 aliphatic rings. The molecule has 0 saturated heterocycles. The van der Waals surface area contributed by atoms with Crippen LogP contribution in [0.3, 0.4) is 0 Å². The molecule has 0 aliphatic carbocycles. The van der Waals surface area contributed by atoms with E-state index in [1.807, 2.05) is 24.3 Å². The van der Waals surface area contributed by atoms with E-state index in [2.05, 4.69) is 12.2 Å². The van der Waals surface area contributed by atoms with Gasteiger partial charge in [0.2, 0.25) is 0 Å². The number of hydrogen-bond acceptors (Lipinski definition) is 1. The van der Waals surface area contributed by atoms with Crippen molar-refractivity contribution in [3.8, 4) is 0 Å². The second-order valence-electron chi connectivity index (χ2n) is 2.76. The topological polar surface area (TPSA) is 12.0 Å². The molecule has 1 N–H and O–H groups in total. The van der Waals surface area contributed by atoms with Gasteiger partial charge in [0.25, 0.3) is 0 Å². The summed E-state index contributed by atoms with van der Waals surface area (Å²) in [5.41, 5.74) is 1.02. The summed E-state index contributed by atoms with van der Waals surface area (Å²) in [4.78, 5) is 0.790. The van der Waals surface area contributed by atoms with Crippen LogP contribution in [0.25, 0.3) is 0 Å². The lowest BCUT2D eigenvalue weighted by atomic mass is 10.2. The van der Waals surface area contributed by atoms with E-state index in [1.54, 1.807) is 0 Å². The highest BCUT2D eigenvalue weighted by atomic mass is 35.5. The van der Waals surface area contributed by atoms with Crippen LogP contribution in [0.2, 0.25) is 5.02 Å². The minimum Gasteiger partial charge on any atom is -0.376 e. The Balaban J connectivity index is 2.61. The van der Waals surface area contributed by atoms with Gasteiger partial charge in [0.15, 0.2) is 0 Å². The molecule has 0 fully saturated rings. The summed E-state index contributed by atoms with van der Waals surface area (Å²) in [5.74, 6) is 0. The predicted octanol–water partition coefficient (Wildman–Crippen LogP) is 3.02. The van der Waals surface area contributed by atoms with Crippen molar-refractivity contribution >= 4 is 28.8 Å². The van der Waals surface area contributed by atoms with Gasteiger partial charge >= 0.3 is 0 Å². The molecule has 0 amide bonds. The van der Waals surface area contributed by atoms with E-state index >= 15 is 0 Å². The summed E-state index contributed by atoms with van der Waals surface area (Å²) >= 11 is 10.9. The first-order chi connectivity index (χ1) is 6.24. The molecule has 13 heavy (non-hydrogen) atoms. The van der Waals surface area contributed by atoms with Gasteiger partial charge in [-0.05, 0) is 18.6 Å². The Kier molecular flexibility index (Phi) is 4.19. The molecule has 1 nitrogen and oxygen atoms in total. The third-order valence-electron chi connectivity index (χ3n) is 1.64. The standard InChI is InChI=1S/C10H12ClNS/c1-2-7-12-10(13)8-3-5-9(11)6-4-8/h3-6H,2,7H2,1H3,(H,12,13). The maximum atomic E-state index is 5.76. The van der Waals surface area contributed by atoms with E-state index in [-0.39, 0.29) is 0 Å². The molecule has 0 saturated carbocycles. The van der Waals surface area contributed by atoms with Crippen molar-refractivity contribution in [2.45, 2.75) is 13.3 Å². The lowest BCUT2D eigenvalue weighted by molar-refractivity contribution is 0.848. The zero-order chi connectivity index (χ0) is 9.68. The molecule has 0 unspecified atom stereocenters. The highest BCUT2D eigenvalue weighted by Gasteiger charge is 1.98. The average Bonchev–Trinajstić information content (AvgIpc) is 2.15. The molecule has 0 atom stereocenters. The maximum absolute atomic E-state index is 5.76. The van der Waals surface area contributed by atoms with Crippen LogP contribution in [-0.2, 0) is 0 Å². The first kappa shape index (κ1) is 10.5. The van der Waals surface area contributed by atoms with Crippen LogP contribution in [0, 0.1) is 0 Å². The summed E-state index contributed by atoms with van der Waals surface area (Å²) in [6.07, 6.45) is 1.08. The van der Waals surface area contributed by atoms with Crippen molar-refractivity contribution in [2.75, 3.05) is 6.54 Å². The van der Waals surface area contributed by atoms with Crippen molar-refractivity contribution in [2.24, 2.45) is 0 Å². The molecular formula is C10H12ClNS. The van der Waals surface area contributed by atoms with E-state index in [4.69, 9.17) is 23.8 Å². The quantitative estimate of drug-likeness (QED) is 0.775. The average molecular weight is 214 g/mol. The van der Waals surface area contributed by atoms with E-state index in [9.17, 15) is 0 Å². The lowest BCUT2D eigenvalue weighted by Crippen LogP contribution is -2.22. The molecule has 0 aromatic heterocycles. The highest BCUT2D eigenvalue weighted by molar-refractivity contribution is 7.80. The SMILES string of the molecule is CCCNC(=S)c1ccc(Cl)cc1. The van der Waals surface area contributed by atoms with E-state index < -0.39 is 0 Å². The Morgan fingerprint density at radius 2 is 2.00 bits per heavy atom. The molecule has 0 aliphatic heterocycles. The number of thiocarbonyl (C=S) groups is 1. The van der Waals surface area contributed by atoms with Crippen molar-refractivity contribution < 1.29 is 0 Å². The molecule has 3 heteroatoms. The monoisotopic (exact) mass is 213 g/mol. The number of nitrogens with one attached hydrogen (secondary N) is 1. The molecule has 0 bridgehead atoms. The van der Waals surface area contributed by atoms with Crippen molar-refractivity contribution in [1.29, 1.82) is 0 Å². The van der Waals surface area contributed by atoms with Crippen molar-refractivity contribution in [3.05, 3.63) is 34.9 Å². The second-order valence-corrected chi connectivity index (χ2v) is 3.61. The van der Waals surface area contributed by atoms with Crippen molar-refractivity contribution in [3.63, 3.8) is 0 Å². The Labute approximate surface area is 89.1 Å². The highest BCUT2D eigenvalue weighted by Crippen LogP contribution is 2.09. The molecule has 0 spiro atoms. The fourth-order valence-corrected chi connectivity index (χ4v) is 1.31. The lowest BCUT2D eigenvalue weighted by Gasteiger charge is -2.05. The first-order valence-corrected chi connectivity index (χ1v) is 5.06. The summed E-state index contributed by atoms with van der Waals surface area (Å²) in [6.45, 7) is 3.03. The number of benzene rings is 1. The third kappa shape index (κ3) is 3.33. The summed E-state index contributed by atoms with van der Waals surface area (Å²) < 4.78 is 0. The molecule has 0 radical (unpaired) electrons. The second kappa shape index (κ2) is 5.20. The van der Waals surface area contributed by atoms with Crippen LogP contribution >= 0.6 is 23.8 Å². The molecule has 1 rings (SSSR count). The zero-order valence-corrected chi connectivity index (χ0v) is 9.08. The molecular weight excluding hydrogens is 202 g/mol. The summed E-state index contributed by atoms with van der Waals surface area (Å²) in [5, 5.41) is 3.89. The smallest absolute Gasteiger partial charge is 0.106 e. The van der Waals surface area contributed by atoms with Gasteiger partial charge in [0.05, 0.1) is 0 Å². The van der Waals surface area contributed by atoms with Crippen LogP contribution in [0.5, 0.6) is 0 Å². The van der Waals surface area contributed by atoms with Crippen LogP contribution in [0.4, 0.5) is 0 Å². The third-order valence-corrected chi connectivity index (χ3v) is 2.27. The molecule has 1 aromatic rings. The van der Waals surface area contributed by atoms with Gasteiger partial charge in [-0.25, -0.2) is 0 Å². The molecule has 0 heterocycles. The van der Waals surface area contributed by atoms with E-state index in [0.717, 1.165) is 28.5 Å². The largest absolute Gasteiger partial charge is 0.376 e. The zero-order valence-electron chi connectivity index (χ0n) is 7.51. The Morgan fingerprint density at radius 3 is 2.54 bits per heavy atom. The Bertz CT molecular complexity index is 281. The first-order valence-electron chi connectivity index (χ1n) is 4.28. The predicted molar refractivity (Wildman–Crippen MR) is 61.4 cm³/mol. The minimum atomic E-state index is 0.738. The normalized spacial score (nSPS) is 9.69. The number of halogens is 1. The fourth-order valence-electron chi connectivity index (χ4n) is 0.942. The van der Waals surface area contributed by atoms with Gasteiger partial charge < -0.3 is 5.32 Å². The summed E-state index contributed by atoms with van der Waals surface area (Å²) in [6, 6.07) is 7.54. The molecule has 1 aromatic carbocycles. The van der Waals surface area contributed by atoms with E-state index in [1.165, 1.54) is 0 Å². The van der Waals surface area contributed by atoms with Gasteiger partial charge in [0, 0.05) is 17.1 Å². The van der Waals surface area contributed by atoms with E-state index in [0.29, 0.717) is 0 Å².